The maximum absolute atomic E-state index is 5.67. The first-order chi connectivity index (χ1) is 14.3. The van der Waals surface area contributed by atoms with Crippen molar-refractivity contribution in [1.82, 2.24) is 15.2 Å². The summed E-state index contributed by atoms with van der Waals surface area (Å²) in [5, 5.41) is 3.69. The lowest BCUT2D eigenvalue weighted by atomic mass is 9.74. The van der Waals surface area contributed by atoms with E-state index < -0.39 is 0 Å². The summed E-state index contributed by atoms with van der Waals surface area (Å²) in [6, 6.07) is 17.0. The predicted octanol–water partition coefficient (Wildman–Crippen LogP) is 3.15. The molecule has 0 spiro atoms. The van der Waals surface area contributed by atoms with Crippen LogP contribution in [0, 0.1) is 0 Å². The van der Waals surface area contributed by atoms with Gasteiger partial charge in [0, 0.05) is 64.6 Å². The van der Waals surface area contributed by atoms with Crippen molar-refractivity contribution in [2.24, 2.45) is 4.99 Å². The van der Waals surface area contributed by atoms with Crippen molar-refractivity contribution in [3.05, 3.63) is 60.3 Å². The largest absolute Gasteiger partial charge is 0.381 e. The molecule has 2 fully saturated rings. The Morgan fingerprint density at radius 3 is 2.37 bits per heavy atom. The Hall–Kier alpha value is -1.87. The van der Waals surface area contributed by atoms with Gasteiger partial charge in [0.05, 0.1) is 0 Å². The van der Waals surface area contributed by atoms with Crippen molar-refractivity contribution >= 4 is 35.8 Å². The van der Waals surface area contributed by atoms with E-state index in [1.807, 2.05) is 25.4 Å². The van der Waals surface area contributed by atoms with Crippen molar-refractivity contribution in [3.8, 4) is 0 Å². The van der Waals surface area contributed by atoms with E-state index >= 15 is 0 Å². The van der Waals surface area contributed by atoms with E-state index in [0.29, 0.717) is 0 Å². The number of hydrogen-bond acceptors (Lipinski definition) is 4. The van der Waals surface area contributed by atoms with Crippen LogP contribution in [0.4, 0.5) is 5.82 Å². The van der Waals surface area contributed by atoms with E-state index in [9.17, 15) is 0 Å². The molecule has 0 bridgehead atoms. The van der Waals surface area contributed by atoms with E-state index in [0.717, 1.165) is 70.6 Å². The summed E-state index contributed by atoms with van der Waals surface area (Å²) in [6.07, 6.45) is 3.93. The van der Waals surface area contributed by atoms with Crippen LogP contribution in [-0.4, -0.2) is 68.8 Å². The summed E-state index contributed by atoms with van der Waals surface area (Å²) >= 11 is 0. The highest BCUT2D eigenvalue weighted by molar-refractivity contribution is 14.0. The van der Waals surface area contributed by atoms with Crippen LogP contribution in [0.25, 0.3) is 0 Å². The maximum atomic E-state index is 5.67. The molecule has 3 heterocycles. The highest BCUT2D eigenvalue weighted by atomic mass is 127. The van der Waals surface area contributed by atoms with Gasteiger partial charge >= 0.3 is 0 Å². The summed E-state index contributed by atoms with van der Waals surface area (Å²) < 4.78 is 5.67. The Labute approximate surface area is 196 Å². The summed E-state index contributed by atoms with van der Waals surface area (Å²) in [5.41, 5.74) is 1.50. The summed E-state index contributed by atoms with van der Waals surface area (Å²) in [5.74, 6) is 2.05. The van der Waals surface area contributed by atoms with Crippen LogP contribution >= 0.6 is 24.0 Å². The van der Waals surface area contributed by atoms with Crippen molar-refractivity contribution in [1.29, 1.82) is 0 Å². The van der Waals surface area contributed by atoms with Crippen LogP contribution in [0.2, 0.25) is 0 Å². The number of hydrogen-bond donors (Lipinski definition) is 1. The lowest BCUT2D eigenvalue weighted by molar-refractivity contribution is 0.0511. The highest BCUT2D eigenvalue weighted by Gasteiger charge is 2.35. The molecule has 2 saturated heterocycles. The van der Waals surface area contributed by atoms with Gasteiger partial charge in [-0.1, -0.05) is 36.4 Å². The smallest absolute Gasteiger partial charge is 0.193 e. The molecular weight excluding hydrogens is 489 g/mol. The average Bonchev–Trinajstić information content (AvgIpc) is 2.82. The summed E-state index contributed by atoms with van der Waals surface area (Å²) in [4.78, 5) is 13.8. The summed E-state index contributed by atoms with van der Waals surface area (Å²) in [7, 11) is 1.88. The molecule has 1 aromatic carbocycles. The van der Waals surface area contributed by atoms with Gasteiger partial charge in [0.15, 0.2) is 5.96 Å². The fourth-order valence-corrected chi connectivity index (χ4v) is 4.39. The molecule has 1 N–H and O–H groups in total. The quantitative estimate of drug-likeness (QED) is 0.381. The number of benzene rings is 1. The minimum absolute atomic E-state index is 0. The number of anilines is 1. The second-order valence-corrected chi connectivity index (χ2v) is 7.82. The number of ether oxygens (including phenoxy) is 1. The van der Waals surface area contributed by atoms with Crippen LogP contribution < -0.4 is 10.2 Å². The zero-order valence-electron chi connectivity index (χ0n) is 17.7. The van der Waals surface area contributed by atoms with Crippen LogP contribution in [0.5, 0.6) is 0 Å². The second kappa shape index (κ2) is 10.9. The minimum Gasteiger partial charge on any atom is -0.381 e. The van der Waals surface area contributed by atoms with Crippen LogP contribution in [0.15, 0.2) is 59.7 Å². The third-order valence-electron chi connectivity index (χ3n) is 6.19. The van der Waals surface area contributed by atoms with E-state index in [2.05, 4.69) is 61.5 Å². The first-order valence-electron chi connectivity index (χ1n) is 10.6. The van der Waals surface area contributed by atoms with Gasteiger partial charge in [0.2, 0.25) is 0 Å². The topological polar surface area (TPSA) is 53.0 Å². The number of piperazine rings is 1. The lowest BCUT2D eigenvalue weighted by Gasteiger charge is -2.41. The zero-order chi connectivity index (χ0) is 19.9. The molecule has 0 atom stereocenters. The Morgan fingerprint density at radius 2 is 1.73 bits per heavy atom. The average molecular weight is 521 g/mol. The van der Waals surface area contributed by atoms with Crippen molar-refractivity contribution in [3.63, 3.8) is 0 Å². The van der Waals surface area contributed by atoms with E-state index in [4.69, 9.17) is 4.74 Å². The Kier molecular flexibility index (Phi) is 8.32. The molecule has 6 nitrogen and oxygen atoms in total. The first kappa shape index (κ1) is 22.8. The molecule has 2 aliphatic rings. The number of guanidine groups is 1. The lowest BCUT2D eigenvalue weighted by Crippen LogP contribution is -2.55. The van der Waals surface area contributed by atoms with Gasteiger partial charge in [-0.25, -0.2) is 4.98 Å². The normalized spacial score (nSPS) is 19.2. The Bertz CT molecular complexity index is 788. The molecule has 0 aliphatic carbocycles. The number of nitrogens with zero attached hydrogens (tertiary/aromatic N) is 4. The number of aromatic nitrogens is 1. The second-order valence-electron chi connectivity index (χ2n) is 7.82. The molecule has 162 valence electrons. The van der Waals surface area contributed by atoms with Gasteiger partial charge in [0.1, 0.15) is 5.82 Å². The van der Waals surface area contributed by atoms with Gasteiger partial charge in [-0.05, 0) is 30.5 Å². The van der Waals surface area contributed by atoms with Gasteiger partial charge in [-0.2, -0.15) is 0 Å². The number of pyridine rings is 1. The first-order valence-corrected chi connectivity index (χ1v) is 10.6. The van der Waals surface area contributed by atoms with Crippen LogP contribution in [0.3, 0.4) is 0 Å². The minimum atomic E-state index is 0. The molecule has 30 heavy (non-hydrogen) atoms. The monoisotopic (exact) mass is 521 g/mol. The molecular formula is C23H32IN5O. The van der Waals surface area contributed by atoms with Crippen LogP contribution in [0.1, 0.15) is 18.4 Å². The number of aliphatic imine (C=N–C) groups is 1. The number of halogens is 1. The highest BCUT2D eigenvalue weighted by Crippen LogP contribution is 2.34. The molecule has 4 rings (SSSR count). The number of rotatable bonds is 4. The molecule has 7 heteroatoms. The van der Waals surface area contributed by atoms with Crippen molar-refractivity contribution in [2.45, 2.75) is 18.3 Å². The molecule has 0 unspecified atom stereocenters. The van der Waals surface area contributed by atoms with Gasteiger partial charge in [0.25, 0.3) is 0 Å². The molecule has 1 aromatic heterocycles. The molecule has 0 radical (unpaired) electrons. The van der Waals surface area contributed by atoms with Gasteiger partial charge in [-0.15, -0.1) is 24.0 Å². The van der Waals surface area contributed by atoms with Crippen LogP contribution in [-0.2, 0) is 10.2 Å². The Balaban J connectivity index is 0.00000256. The van der Waals surface area contributed by atoms with Gasteiger partial charge in [-0.3, -0.25) is 4.99 Å². The third-order valence-corrected chi connectivity index (χ3v) is 6.19. The summed E-state index contributed by atoms with van der Waals surface area (Å²) in [6.45, 7) is 6.31. The molecule has 2 aliphatic heterocycles. The maximum Gasteiger partial charge on any atom is 0.193 e. The van der Waals surface area contributed by atoms with E-state index in [1.54, 1.807) is 0 Å². The zero-order valence-corrected chi connectivity index (χ0v) is 20.0. The fourth-order valence-electron chi connectivity index (χ4n) is 4.39. The van der Waals surface area contributed by atoms with E-state index in [1.165, 1.54) is 5.56 Å². The SMILES string of the molecule is CN=C(NCC1(c2ccccc2)CCOCC1)N1CCN(c2ccccn2)CC1.I. The predicted molar refractivity (Wildman–Crippen MR) is 133 cm³/mol. The fraction of sp³-hybridized carbons (Fsp3) is 0.478. The number of nitrogens with one attached hydrogen (secondary N) is 1. The van der Waals surface area contributed by atoms with E-state index in [-0.39, 0.29) is 29.4 Å². The molecule has 2 aromatic rings. The standard InChI is InChI=1S/C23H31N5O.HI/c1-24-22(28-15-13-27(14-16-28)21-9-5-6-12-25-21)26-19-23(10-17-29-18-11-23)20-7-3-2-4-8-20;/h2-9,12H,10-11,13-19H2,1H3,(H,24,26);1H. The molecule has 0 amide bonds. The molecule has 0 saturated carbocycles. The Morgan fingerprint density at radius 1 is 1.03 bits per heavy atom. The van der Waals surface area contributed by atoms with Gasteiger partial charge < -0.3 is 19.9 Å². The van der Waals surface area contributed by atoms with Crippen molar-refractivity contribution in [2.75, 3.05) is 57.9 Å². The van der Waals surface area contributed by atoms with Crippen molar-refractivity contribution < 1.29 is 4.74 Å². The third kappa shape index (κ3) is 5.24.